The van der Waals surface area contributed by atoms with Gasteiger partial charge in [-0.3, -0.25) is 14.4 Å². The van der Waals surface area contributed by atoms with E-state index >= 15 is 0 Å². The van der Waals surface area contributed by atoms with Gasteiger partial charge in [0, 0.05) is 29.2 Å². The number of fused-ring (bicyclic) bond motifs is 5. The van der Waals surface area contributed by atoms with Crippen LogP contribution < -0.4 is 11.1 Å². The highest BCUT2D eigenvalue weighted by atomic mass is 16.6. The minimum absolute atomic E-state index is 0.0573. The van der Waals surface area contributed by atoms with Crippen LogP contribution in [-0.2, 0) is 28.6 Å². The normalized spacial score (nSPS) is 40.5. The summed E-state index contributed by atoms with van der Waals surface area (Å²) in [5.74, 6) is -1.45. The second-order valence-electron chi connectivity index (χ2n) is 17.6. The van der Waals surface area contributed by atoms with Crippen molar-refractivity contribution in [3.8, 4) is 0 Å². The van der Waals surface area contributed by atoms with Gasteiger partial charge in [-0.1, -0.05) is 61.0 Å². The molecule has 0 bridgehead atoms. The summed E-state index contributed by atoms with van der Waals surface area (Å²) in [6.45, 7) is 25.4. The van der Waals surface area contributed by atoms with Gasteiger partial charge < -0.3 is 30.4 Å². The maximum absolute atomic E-state index is 14.8. The van der Waals surface area contributed by atoms with Gasteiger partial charge in [0.05, 0.1) is 25.7 Å². The van der Waals surface area contributed by atoms with Crippen LogP contribution in [0, 0.1) is 56.7 Å². The van der Waals surface area contributed by atoms with Crippen molar-refractivity contribution < 1.29 is 33.7 Å². The molecule has 12 atom stereocenters. The number of aliphatic carboxylic acids is 1. The summed E-state index contributed by atoms with van der Waals surface area (Å²) in [5.41, 5.74) is 3.76. The van der Waals surface area contributed by atoms with Crippen molar-refractivity contribution in [3.63, 3.8) is 0 Å². The van der Waals surface area contributed by atoms with E-state index in [9.17, 15) is 19.5 Å². The van der Waals surface area contributed by atoms with Crippen molar-refractivity contribution >= 4 is 17.7 Å². The Balaban J connectivity index is 1.75. The van der Waals surface area contributed by atoms with E-state index < -0.39 is 51.2 Å². The Labute approximate surface area is 289 Å². The summed E-state index contributed by atoms with van der Waals surface area (Å²) in [7, 11) is 0. The van der Waals surface area contributed by atoms with Crippen LogP contribution in [0.3, 0.4) is 0 Å². The van der Waals surface area contributed by atoms with Crippen molar-refractivity contribution in [2.45, 2.75) is 127 Å². The third kappa shape index (κ3) is 6.21. The first-order chi connectivity index (χ1) is 22.3. The molecule has 0 aromatic rings. The second-order valence-corrected chi connectivity index (χ2v) is 17.6. The van der Waals surface area contributed by atoms with Gasteiger partial charge in [0.15, 0.2) is 5.78 Å². The summed E-state index contributed by atoms with van der Waals surface area (Å²) >= 11 is 0. The Morgan fingerprint density at radius 2 is 1.71 bits per heavy atom. The van der Waals surface area contributed by atoms with Crippen LogP contribution in [0.5, 0.6) is 0 Å². The number of carbonyl (C=O) groups excluding carboxylic acids is 2. The van der Waals surface area contributed by atoms with E-state index in [1.165, 1.54) is 6.92 Å². The molecule has 9 heteroatoms. The summed E-state index contributed by atoms with van der Waals surface area (Å²) in [6, 6.07) is 0.0766. The highest BCUT2D eigenvalue weighted by Crippen LogP contribution is 2.72. The quantitative estimate of drug-likeness (QED) is 0.158. The zero-order valence-electron chi connectivity index (χ0n) is 31.7. The van der Waals surface area contributed by atoms with E-state index in [0.717, 1.165) is 44.2 Å². The van der Waals surface area contributed by atoms with Gasteiger partial charge in [-0.2, -0.15) is 0 Å². The Bertz CT molecular complexity index is 1250. The lowest BCUT2D eigenvalue weighted by Crippen LogP contribution is -2.68. The van der Waals surface area contributed by atoms with Crippen molar-refractivity contribution in [3.05, 3.63) is 11.6 Å². The molecule has 3 aliphatic carbocycles. The Kier molecular flexibility index (Phi) is 11.4. The predicted molar refractivity (Wildman–Crippen MR) is 187 cm³/mol. The summed E-state index contributed by atoms with van der Waals surface area (Å²) in [5, 5.41) is 14.4. The molecular formula is C39H66N2O7. The van der Waals surface area contributed by atoms with E-state index in [1.807, 2.05) is 19.9 Å². The van der Waals surface area contributed by atoms with Crippen LogP contribution in [0.15, 0.2) is 11.6 Å². The average molecular weight is 675 g/mol. The van der Waals surface area contributed by atoms with Crippen LogP contribution in [0.2, 0.25) is 0 Å². The van der Waals surface area contributed by atoms with E-state index in [4.69, 9.17) is 19.9 Å². The molecule has 2 saturated carbocycles. The molecule has 0 spiro atoms. The predicted octanol–water partition coefficient (Wildman–Crippen LogP) is 6.03. The maximum atomic E-state index is 14.8. The number of esters is 1. The molecule has 274 valence electrons. The molecular weight excluding hydrogens is 608 g/mol. The van der Waals surface area contributed by atoms with Gasteiger partial charge in [-0.25, -0.2) is 0 Å². The summed E-state index contributed by atoms with van der Waals surface area (Å²) in [4.78, 5) is 40.3. The molecule has 1 saturated heterocycles. The molecule has 0 aromatic heterocycles. The number of hydrogen-bond donors (Lipinski definition) is 3. The molecule has 3 fully saturated rings. The number of carboxylic acid groups (broad SMARTS) is 1. The first-order valence-electron chi connectivity index (χ1n) is 18.5. The van der Waals surface area contributed by atoms with Gasteiger partial charge >= 0.3 is 11.9 Å². The fourth-order valence-electron chi connectivity index (χ4n) is 11.3. The largest absolute Gasteiger partial charge is 0.481 e. The average Bonchev–Trinajstić information content (AvgIpc) is 2.98. The third-order valence-corrected chi connectivity index (χ3v) is 14.4. The van der Waals surface area contributed by atoms with Gasteiger partial charge in [0.1, 0.15) is 12.2 Å². The minimum atomic E-state index is -1.03. The van der Waals surface area contributed by atoms with Crippen LogP contribution >= 0.6 is 0 Å². The Hall–Kier alpha value is -1.81. The van der Waals surface area contributed by atoms with Crippen LogP contribution in [0.25, 0.3) is 0 Å². The fourth-order valence-corrected chi connectivity index (χ4v) is 11.3. The summed E-state index contributed by atoms with van der Waals surface area (Å²) < 4.78 is 19.0. The van der Waals surface area contributed by atoms with Crippen molar-refractivity contribution in [1.82, 2.24) is 5.32 Å². The number of ketones is 1. The lowest BCUT2D eigenvalue weighted by Gasteiger charge is -2.68. The van der Waals surface area contributed by atoms with E-state index in [1.54, 1.807) is 0 Å². The monoisotopic (exact) mass is 674 g/mol. The minimum Gasteiger partial charge on any atom is -0.481 e. The zero-order valence-corrected chi connectivity index (χ0v) is 31.7. The number of nitrogens with one attached hydrogen (secondary N) is 1. The molecule has 0 radical (unpaired) electrons. The number of allylic oxidation sites excluding steroid dienone is 1. The van der Waals surface area contributed by atoms with E-state index in [-0.39, 0.29) is 35.5 Å². The number of ether oxygens (including phenoxy) is 3. The first-order valence-corrected chi connectivity index (χ1v) is 18.5. The highest BCUT2D eigenvalue weighted by Gasteiger charge is 2.72. The molecule has 48 heavy (non-hydrogen) atoms. The highest BCUT2D eigenvalue weighted by molar-refractivity contribution is 6.00. The molecule has 4 rings (SSSR count). The second kappa shape index (κ2) is 14.1. The van der Waals surface area contributed by atoms with Gasteiger partial charge in [0.25, 0.3) is 0 Å². The molecule has 4 N–H and O–H groups in total. The number of carbonyl (C=O) groups is 3. The SMILES string of the molecule is CC(=O)O[C@H](C)[C@H](OCC(C)NCCCN)C1(C)COC[C@@]2(C)C3=CC(=O)[C@@]4(C)[C@H](C(=O)O)[C@@](C)([C@H](C)C(C)C)CC[C@]4(C)[C@H]3CCC12. The Morgan fingerprint density at radius 3 is 2.29 bits per heavy atom. The van der Waals surface area contributed by atoms with Crippen LogP contribution in [0.1, 0.15) is 108 Å². The zero-order chi connectivity index (χ0) is 36.0. The molecule has 0 aromatic carbocycles. The molecule has 9 nitrogen and oxygen atoms in total. The molecule has 1 aliphatic heterocycles. The molecule has 1 heterocycles. The third-order valence-electron chi connectivity index (χ3n) is 14.4. The molecule has 4 aliphatic rings. The first kappa shape index (κ1) is 39.0. The van der Waals surface area contributed by atoms with Crippen LogP contribution in [0.4, 0.5) is 0 Å². The van der Waals surface area contributed by atoms with Crippen molar-refractivity contribution in [2.24, 2.45) is 62.4 Å². The maximum Gasteiger partial charge on any atom is 0.308 e. The van der Waals surface area contributed by atoms with Crippen molar-refractivity contribution in [2.75, 3.05) is 32.9 Å². The van der Waals surface area contributed by atoms with Crippen LogP contribution in [-0.4, -0.2) is 74.0 Å². The van der Waals surface area contributed by atoms with Gasteiger partial charge in [-0.05, 0) is 99.6 Å². The lowest BCUT2D eigenvalue weighted by atomic mass is 9.35. The fraction of sp³-hybridized carbons (Fsp3) is 0.872. The lowest BCUT2D eigenvalue weighted by molar-refractivity contribution is -0.224. The topological polar surface area (TPSA) is 137 Å². The molecule has 3 unspecified atom stereocenters. The number of hydrogen-bond acceptors (Lipinski definition) is 8. The summed E-state index contributed by atoms with van der Waals surface area (Å²) in [6.07, 6.45) is 5.09. The van der Waals surface area contributed by atoms with E-state index in [0.29, 0.717) is 32.3 Å². The van der Waals surface area contributed by atoms with Crippen molar-refractivity contribution in [1.29, 1.82) is 0 Å². The van der Waals surface area contributed by atoms with E-state index in [2.05, 4.69) is 60.7 Å². The Morgan fingerprint density at radius 1 is 1.04 bits per heavy atom. The smallest absolute Gasteiger partial charge is 0.308 e. The molecule has 0 amide bonds. The standard InChI is InChI=1S/C39H66N2O7/c1-23(2)25(4)35(7)15-16-38(10)28-13-14-30-36(8,29(28)19-31(43)39(38,11)32(35)34(44)45)21-46-22-37(30,9)33(26(5)48-27(6)42)47-20-24(3)41-18-12-17-40/h19,23-26,28,30,32-33,41H,12-18,20-22,40H2,1-11H3,(H,44,45)/t24?,25-,26-,28+,30?,32-,33+,35-,36+,37?,38-,39+/m1/s1. The number of nitrogens with two attached hydrogens (primary N) is 1. The van der Waals surface area contributed by atoms with Gasteiger partial charge in [0.2, 0.25) is 0 Å². The van der Waals surface area contributed by atoms with Gasteiger partial charge in [-0.15, -0.1) is 0 Å². The number of rotatable bonds is 13. The number of carboxylic acids is 1.